The highest BCUT2D eigenvalue weighted by molar-refractivity contribution is 8.00. The zero-order chi connectivity index (χ0) is 13.7. The molecule has 5 nitrogen and oxygen atoms in total. The van der Waals surface area contributed by atoms with E-state index in [2.05, 4.69) is 15.4 Å². The number of anilines is 1. The van der Waals surface area contributed by atoms with Crippen molar-refractivity contribution >= 4 is 35.2 Å². The molecule has 1 N–H and O–H groups in total. The Morgan fingerprint density at radius 2 is 2.16 bits per heavy atom. The number of carbonyl (C=O) groups excluding carboxylic acids is 1. The Morgan fingerprint density at radius 1 is 1.42 bits per heavy atom. The molecule has 1 aromatic heterocycles. The summed E-state index contributed by atoms with van der Waals surface area (Å²) >= 11 is 7.23. The molecule has 0 saturated carbocycles. The Kier molecular flexibility index (Phi) is 4.81. The number of rotatable bonds is 5. The molecule has 0 bridgehead atoms. The minimum absolute atomic E-state index is 0.131. The Labute approximate surface area is 120 Å². The van der Waals surface area contributed by atoms with Gasteiger partial charge in [-0.05, 0) is 31.2 Å². The third-order valence-corrected chi connectivity index (χ3v) is 3.56. The van der Waals surface area contributed by atoms with Crippen LogP contribution in [-0.4, -0.2) is 26.4 Å². The molecule has 0 aliphatic carbocycles. The van der Waals surface area contributed by atoms with E-state index in [0.717, 1.165) is 11.4 Å². The lowest BCUT2D eigenvalue weighted by Gasteiger charge is -2.01. The first-order chi connectivity index (χ1) is 9.17. The Hall–Kier alpha value is -1.53. The van der Waals surface area contributed by atoms with Crippen molar-refractivity contribution in [3.8, 4) is 0 Å². The van der Waals surface area contributed by atoms with E-state index in [1.807, 2.05) is 19.1 Å². The number of nitrogens with zero attached hydrogens (tertiary/aromatic N) is 3. The smallest absolute Gasteiger partial charge is 0.248 e. The summed E-state index contributed by atoms with van der Waals surface area (Å²) in [6, 6.07) is 7.35. The highest BCUT2D eigenvalue weighted by Crippen LogP contribution is 2.20. The third-order valence-electron chi connectivity index (χ3n) is 2.30. The summed E-state index contributed by atoms with van der Waals surface area (Å²) < 4.78 is 1.65. The number of hydrogen-bond donors (Lipinski definition) is 1. The van der Waals surface area contributed by atoms with Gasteiger partial charge in [-0.1, -0.05) is 11.6 Å². The van der Waals surface area contributed by atoms with Gasteiger partial charge in [-0.25, -0.2) is 4.98 Å². The van der Waals surface area contributed by atoms with E-state index in [1.54, 1.807) is 23.1 Å². The number of amides is 1. The van der Waals surface area contributed by atoms with E-state index in [9.17, 15) is 4.79 Å². The molecule has 2 aromatic rings. The lowest BCUT2D eigenvalue weighted by atomic mass is 10.4. The number of nitrogens with one attached hydrogen (secondary N) is 1. The molecule has 0 unspecified atom stereocenters. The number of benzene rings is 1. The van der Waals surface area contributed by atoms with E-state index >= 15 is 0 Å². The fourth-order valence-electron chi connectivity index (χ4n) is 1.34. The molecule has 1 heterocycles. The molecule has 0 fully saturated rings. The van der Waals surface area contributed by atoms with Gasteiger partial charge in [0.2, 0.25) is 11.9 Å². The van der Waals surface area contributed by atoms with Crippen molar-refractivity contribution in [3.63, 3.8) is 0 Å². The topological polar surface area (TPSA) is 59.8 Å². The van der Waals surface area contributed by atoms with Crippen molar-refractivity contribution < 1.29 is 4.79 Å². The average Bonchev–Trinajstić information content (AvgIpc) is 2.86. The first-order valence-electron chi connectivity index (χ1n) is 5.75. The molecular weight excluding hydrogens is 284 g/mol. The predicted octanol–water partition coefficient (Wildman–Crippen LogP) is 2.68. The van der Waals surface area contributed by atoms with Gasteiger partial charge < -0.3 is 0 Å². The molecule has 0 saturated heterocycles. The van der Waals surface area contributed by atoms with Gasteiger partial charge in [0.15, 0.2) is 0 Å². The molecule has 100 valence electrons. The summed E-state index contributed by atoms with van der Waals surface area (Å²) in [7, 11) is 0. The fourth-order valence-corrected chi connectivity index (χ4v) is 2.17. The first kappa shape index (κ1) is 13.9. The van der Waals surface area contributed by atoms with Crippen LogP contribution in [0.15, 0.2) is 35.5 Å². The minimum atomic E-state index is -0.131. The van der Waals surface area contributed by atoms with E-state index in [-0.39, 0.29) is 5.91 Å². The molecule has 0 radical (unpaired) electrons. The first-order valence-corrected chi connectivity index (χ1v) is 7.11. The molecule has 19 heavy (non-hydrogen) atoms. The summed E-state index contributed by atoms with van der Waals surface area (Å²) in [6.45, 7) is 2.68. The van der Waals surface area contributed by atoms with Crippen molar-refractivity contribution in [1.29, 1.82) is 0 Å². The van der Waals surface area contributed by atoms with Crippen LogP contribution in [0, 0.1) is 0 Å². The number of hydrogen-bond acceptors (Lipinski definition) is 4. The zero-order valence-electron chi connectivity index (χ0n) is 10.3. The van der Waals surface area contributed by atoms with Crippen LogP contribution in [0.5, 0.6) is 0 Å². The van der Waals surface area contributed by atoms with Gasteiger partial charge in [-0.15, -0.1) is 16.9 Å². The second kappa shape index (κ2) is 6.58. The maximum absolute atomic E-state index is 11.7. The van der Waals surface area contributed by atoms with Crippen molar-refractivity contribution in [2.45, 2.75) is 18.4 Å². The quantitative estimate of drug-likeness (QED) is 0.862. The Morgan fingerprint density at radius 3 is 2.79 bits per heavy atom. The highest BCUT2D eigenvalue weighted by atomic mass is 35.5. The van der Waals surface area contributed by atoms with Gasteiger partial charge >= 0.3 is 0 Å². The van der Waals surface area contributed by atoms with Crippen molar-refractivity contribution in [1.82, 2.24) is 14.8 Å². The van der Waals surface area contributed by atoms with Gasteiger partial charge in [0.05, 0.1) is 5.75 Å². The lowest BCUT2D eigenvalue weighted by Crippen LogP contribution is -2.15. The Bertz CT molecular complexity index is 555. The van der Waals surface area contributed by atoms with Crippen LogP contribution < -0.4 is 5.32 Å². The Balaban J connectivity index is 1.82. The van der Waals surface area contributed by atoms with Gasteiger partial charge in [-0.3, -0.25) is 14.8 Å². The normalized spacial score (nSPS) is 10.4. The summed E-state index contributed by atoms with van der Waals surface area (Å²) in [6.07, 6.45) is 1.59. The number of aromatic nitrogens is 3. The summed E-state index contributed by atoms with van der Waals surface area (Å²) in [5, 5.41) is 7.42. The van der Waals surface area contributed by atoms with Crippen molar-refractivity contribution in [2.24, 2.45) is 0 Å². The molecule has 0 aliphatic heterocycles. The van der Waals surface area contributed by atoms with Crippen LogP contribution in [0.4, 0.5) is 5.95 Å². The number of aryl methyl sites for hydroxylation is 1. The highest BCUT2D eigenvalue weighted by Gasteiger charge is 2.06. The molecule has 2 rings (SSSR count). The SMILES string of the molecule is CCn1cnc(NC(=O)CSc2ccc(Cl)cc2)n1. The summed E-state index contributed by atoms with van der Waals surface area (Å²) in [5.41, 5.74) is 0. The average molecular weight is 297 g/mol. The van der Waals surface area contributed by atoms with Crippen molar-refractivity contribution in [2.75, 3.05) is 11.1 Å². The van der Waals surface area contributed by atoms with E-state index < -0.39 is 0 Å². The third kappa shape index (κ3) is 4.25. The van der Waals surface area contributed by atoms with Gasteiger partial charge in [-0.2, -0.15) is 0 Å². The monoisotopic (exact) mass is 296 g/mol. The lowest BCUT2D eigenvalue weighted by molar-refractivity contribution is -0.113. The van der Waals surface area contributed by atoms with Crippen LogP contribution in [0.2, 0.25) is 5.02 Å². The summed E-state index contributed by atoms with van der Waals surface area (Å²) in [5.74, 6) is 0.514. The maximum atomic E-state index is 11.7. The van der Waals surface area contributed by atoms with Gasteiger partial charge in [0, 0.05) is 16.5 Å². The van der Waals surface area contributed by atoms with Crippen LogP contribution in [-0.2, 0) is 11.3 Å². The van der Waals surface area contributed by atoms with Crippen LogP contribution in [0.25, 0.3) is 0 Å². The standard InChI is InChI=1S/C12H13ClN4OS/c1-2-17-8-14-12(16-17)15-11(18)7-19-10-5-3-9(13)4-6-10/h3-6,8H,2,7H2,1H3,(H,15,16,18). The van der Waals surface area contributed by atoms with Crippen LogP contribution in [0.1, 0.15) is 6.92 Å². The maximum Gasteiger partial charge on any atom is 0.248 e. The van der Waals surface area contributed by atoms with Crippen molar-refractivity contribution in [3.05, 3.63) is 35.6 Å². The number of thioether (sulfide) groups is 1. The van der Waals surface area contributed by atoms with Crippen LogP contribution >= 0.6 is 23.4 Å². The largest absolute Gasteiger partial charge is 0.292 e. The van der Waals surface area contributed by atoms with E-state index in [0.29, 0.717) is 16.7 Å². The predicted molar refractivity (Wildman–Crippen MR) is 76.5 cm³/mol. The fraction of sp³-hybridized carbons (Fsp3) is 0.250. The van der Waals surface area contributed by atoms with E-state index in [4.69, 9.17) is 11.6 Å². The van der Waals surface area contributed by atoms with Crippen LogP contribution in [0.3, 0.4) is 0 Å². The molecule has 0 spiro atoms. The molecule has 1 amide bonds. The minimum Gasteiger partial charge on any atom is -0.292 e. The van der Waals surface area contributed by atoms with Gasteiger partial charge in [0.25, 0.3) is 0 Å². The molecule has 7 heteroatoms. The molecule has 0 atom stereocenters. The molecule has 0 aliphatic rings. The summed E-state index contributed by atoms with van der Waals surface area (Å²) in [4.78, 5) is 16.7. The second-order valence-electron chi connectivity index (χ2n) is 3.71. The zero-order valence-corrected chi connectivity index (χ0v) is 11.9. The van der Waals surface area contributed by atoms with E-state index in [1.165, 1.54) is 11.8 Å². The van der Waals surface area contributed by atoms with Gasteiger partial charge in [0.1, 0.15) is 6.33 Å². The number of halogens is 1. The second-order valence-corrected chi connectivity index (χ2v) is 5.20. The molecular formula is C12H13ClN4OS. The molecule has 1 aromatic carbocycles. The number of carbonyl (C=O) groups is 1.